The Bertz CT molecular complexity index is 808. The smallest absolute Gasteiger partial charge is 0.161 e. The van der Waals surface area contributed by atoms with E-state index in [1.807, 2.05) is 30.3 Å². The molecule has 0 fully saturated rings. The number of aromatic nitrogens is 2. The number of nitriles is 1. The van der Waals surface area contributed by atoms with Crippen LogP contribution >= 0.6 is 34.9 Å². The number of hydrogen-bond acceptors (Lipinski definition) is 5. The summed E-state index contributed by atoms with van der Waals surface area (Å²) >= 11 is 8.85. The van der Waals surface area contributed by atoms with E-state index in [0.717, 1.165) is 21.2 Å². The van der Waals surface area contributed by atoms with Gasteiger partial charge in [0.05, 0.1) is 9.90 Å². The van der Waals surface area contributed by atoms with Gasteiger partial charge in [-0.3, -0.25) is 0 Å². The molecule has 0 aliphatic carbocycles. The average molecular weight is 344 g/mol. The van der Waals surface area contributed by atoms with Crippen LogP contribution in [0.25, 0.3) is 10.4 Å². The van der Waals surface area contributed by atoms with Crippen LogP contribution < -0.4 is 0 Å². The zero-order valence-corrected chi connectivity index (χ0v) is 13.8. The Morgan fingerprint density at radius 2 is 2.00 bits per heavy atom. The van der Waals surface area contributed by atoms with E-state index in [1.165, 1.54) is 17.1 Å². The lowest BCUT2D eigenvalue weighted by molar-refractivity contribution is 1.13. The topological polar surface area (TPSA) is 49.6 Å². The van der Waals surface area contributed by atoms with E-state index in [1.54, 1.807) is 18.0 Å². The fourth-order valence-electron chi connectivity index (χ4n) is 1.91. The van der Waals surface area contributed by atoms with Gasteiger partial charge in [0.1, 0.15) is 11.6 Å². The van der Waals surface area contributed by atoms with Gasteiger partial charge < -0.3 is 0 Å². The first-order chi connectivity index (χ1) is 10.8. The van der Waals surface area contributed by atoms with E-state index >= 15 is 0 Å². The van der Waals surface area contributed by atoms with Crippen molar-refractivity contribution in [2.24, 2.45) is 0 Å². The first kappa shape index (κ1) is 15.0. The van der Waals surface area contributed by atoms with Crippen LogP contribution in [0.15, 0.2) is 53.7 Å². The molecule has 0 bridgehead atoms. The first-order valence-corrected chi connectivity index (χ1v) is 8.60. The van der Waals surface area contributed by atoms with Gasteiger partial charge in [-0.15, -0.1) is 11.8 Å². The number of pyridine rings is 1. The van der Waals surface area contributed by atoms with Gasteiger partial charge in [0, 0.05) is 11.9 Å². The van der Waals surface area contributed by atoms with Crippen molar-refractivity contribution in [2.75, 3.05) is 0 Å². The van der Waals surface area contributed by atoms with Crippen LogP contribution in [0.4, 0.5) is 0 Å². The predicted octanol–water partition coefficient (Wildman–Crippen LogP) is 5.02. The molecule has 0 atom stereocenters. The molecule has 0 spiro atoms. The highest BCUT2D eigenvalue weighted by atomic mass is 35.5. The molecule has 2 aromatic heterocycles. The van der Waals surface area contributed by atoms with Crippen LogP contribution in [-0.2, 0) is 5.75 Å². The molecule has 0 unspecified atom stereocenters. The van der Waals surface area contributed by atoms with Gasteiger partial charge in [0.15, 0.2) is 5.15 Å². The largest absolute Gasteiger partial charge is 0.250 e. The second-order valence-corrected chi connectivity index (χ2v) is 6.57. The number of hydrogen-bond donors (Lipinski definition) is 0. The molecule has 0 N–H and O–H groups in total. The molecule has 108 valence electrons. The summed E-state index contributed by atoms with van der Waals surface area (Å²) in [5.74, 6) is 0.853. The lowest BCUT2D eigenvalue weighted by Crippen LogP contribution is -1.84. The fourth-order valence-corrected chi connectivity index (χ4v) is 3.76. The lowest BCUT2D eigenvalue weighted by atomic mass is 10.1. The monoisotopic (exact) mass is 343 g/mol. The standard InChI is InChI=1S/C16H10ClN3S2/c17-16-13(9-18)15(22-20-16)12-6-4-11(5-7-12)10-21-14-3-1-2-8-19-14/h1-8H,10H2. The third kappa shape index (κ3) is 3.30. The van der Waals surface area contributed by atoms with Gasteiger partial charge in [-0.05, 0) is 34.8 Å². The number of benzene rings is 1. The van der Waals surface area contributed by atoms with Gasteiger partial charge in [-0.1, -0.05) is 41.9 Å². The molecule has 2 heterocycles. The highest BCUT2D eigenvalue weighted by molar-refractivity contribution is 7.98. The van der Waals surface area contributed by atoms with E-state index in [0.29, 0.717) is 5.56 Å². The van der Waals surface area contributed by atoms with Crippen LogP contribution in [0.3, 0.4) is 0 Å². The minimum atomic E-state index is 0.275. The normalized spacial score (nSPS) is 10.4. The molecule has 0 aliphatic rings. The summed E-state index contributed by atoms with van der Waals surface area (Å²) in [5.41, 5.74) is 2.61. The van der Waals surface area contributed by atoms with Crippen LogP contribution in [-0.4, -0.2) is 9.36 Å². The molecule has 0 amide bonds. The molecule has 0 radical (unpaired) electrons. The van der Waals surface area contributed by atoms with Crippen molar-refractivity contribution in [3.05, 3.63) is 64.9 Å². The minimum Gasteiger partial charge on any atom is -0.250 e. The summed E-state index contributed by atoms with van der Waals surface area (Å²) in [6, 6.07) is 16.1. The fraction of sp³-hybridized carbons (Fsp3) is 0.0625. The molecule has 22 heavy (non-hydrogen) atoms. The summed E-state index contributed by atoms with van der Waals surface area (Å²) in [5, 5.41) is 10.4. The van der Waals surface area contributed by atoms with Gasteiger partial charge in [0.2, 0.25) is 0 Å². The molecule has 0 aliphatic heterocycles. The minimum absolute atomic E-state index is 0.275. The Morgan fingerprint density at radius 3 is 2.68 bits per heavy atom. The molecule has 3 rings (SSSR count). The van der Waals surface area contributed by atoms with Crippen LogP contribution in [0.1, 0.15) is 11.1 Å². The summed E-state index contributed by atoms with van der Waals surface area (Å²) in [6.07, 6.45) is 1.79. The zero-order chi connectivity index (χ0) is 15.4. The molecular weight excluding hydrogens is 334 g/mol. The van der Waals surface area contributed by atoms with Crippen molar-refractivity contribution in [3.8, 4) is 16.5 Å². The van der Waals surface area contributed by atoms with Crippen molar-refractivity contribution in [2.45, 2.75) is 10.8 Å². The molecule has 0 saturated heterocycles. The summed E-state index contributed by atoms with van der Waals surface area (Å²) in [4.78, 5) is 5.11. The van der Waals surface area contributed by atoms with Crippen molar-refractivity contribution in [3.63, 3.8) is 0 Å². The summed E-state index contributed by atoms with van der Waals surface area (Å²) in [7, 11) is 0. The second-order valence-electron chi connectivity index (χ2n) is 4.44. The molecule has 3 nitrogen and oxygen atoms in total. The third-order valence-electron chi connectivity index (χ3n) is 3.00. The number of thioether (sulfide) groups is 1. The van der Waals surface area contributed by atoms with Crippen molar-refractivity contribution in [1.29, 1.82) is 5.26 Å². The Hall–Kier alpha value is -1.87. The second kappa shape index (κ2) is 6.93. The lowest BCUT2D eigenvalue weighted by Gasteiger charge is -2.03. The van der Waals surface area contributed by atoms with Gasteiger partial charge >= 0.3 is 0 Å². The number of rotatable bonds is 4. The maximum Gasteiger partial charge on any atom is 0.161 e. The highest BCUT2D eigenvalue weighted by Gasteiger charge is 2.13. The quantitative estimate of drug-likeness (QED) is 0.624. The molecular formula is C16H10ClN3S2. The SMILES string of the molecule is N#Cc1c(Cl)nsc1-c1ccc(CSc2ccccn2)cc1. The van der Waals surface area contributed by atoms with Gasteiger partial charge in [-0.2, -0.15) is 9.64 Å². The molecule has 1 aromatic carbocycles. The third-order valence-corrected chi connectivity index (χ3v) is 5.29. The van der Waals surface area contributed by atoms with Crippen molar-refractivity contribution in [1.82, 2.24) is 9.36 Å². The Morgan fingerprint density at radius 1 is 1.18 bits per heavy atom. The predicted molar refractivity (Wildman–Crippen MR) is 91.1 cm³/mol. The maximum absolute atomic E-state index is 9.14. The van der Waals surface area contributed by atoms with E-state index in [4.69, 9.17) is 16.9 Å². The number of nitrogens with zero attached hydrogens (tertiary/aromatic N) is 3. The van der Waals surface area contributed by atoms with Crippen LogP contribution in [0, 0.1) is 11.3 Å². The maximum atomic E-state index is 9.14. The van der Waals surface area contributed by atoms with Gasteiger partial charge in [-0.25, -0.2) is 4.98 Å². The average Bonchev–Trinajstić information content (AvgIpc) is 2.95. The van der Waals surface area contributed by atoms with E-state index in [2.05, 4.69) is 27.6 Å². The molecule has 6 heteroatoms. The highest BCUT2D eigenvalue weighted by Crippen LogP contribution is 2.33. The van der Waals surface area contributed by atoms with Crippen LogP contribution in [0.2, 0.25) is 5.15 Å². The van der Waals surface area contributed by atoms with E-state index in [9.17, 15) is 0 Å². The van der Waals surface area contributed by atoms with Crippen molar-refractivity contribution < 1.29 is 0 Å². The Balaban J connectivity index is 1.74. The number of halogens is 1. The van der Waals surface area contributed by atoms with Gasteiger partial charge in [0.25, 0.3) is 0 Å². The molecule has 0 saturated carbocycles. The van der Waals surface area contributed by atoms with Crippen molar-refractivity contribution >= 4 is 34.9 Å². The Labute approximate surface area is 141 Å². The Kier molecular flexibility index (Phi) is 4.74. The van der Waals surface area contributed by atoms with E-state index < -0.39 is 0 Å². The van der Waals surface area contributed by atoms with Crippen LogP contribution in [0.5, 0.6) is 0 Å². The van der Waals surface area contributed by atoms with E-state index in [-0.39, 0.29) is 5.15 Å². The molecule has 3 aromatic rings. The first-order valence-electron chi connectivity index (χ1n) is 6.46. The summed E-state index contributed by atoms with van der Waals surface area (Å²) < 4.78 is 4.03. The summed E-state index contributed by atoms with van der Waals surface area (Å²) in [6.45, 7) is 0. The zero-order valence-electron chi connectivity index (χ0n) is 11.4.